The third kappa shape index (κ3) is 3.13. The fourth-order valence-corrected chi connectivity index (χ4v) is 3.13. The molecule has 0 bridgehead atoms. The number of hydrogen-bond donors (Lipinski definition) is 2. The van der Waals surface area contributed by atoms with Gasteiger partial charge in [0.25, 0.3) is 0 Å². The molecule has 0 unspecified atom stereocenters. The monoisotopic (exact) mass is 292 g/mol. The van der Waals surface area contributed by atoms with Crippen LogP contribution in [0.15, 0.2) is 17.0 Å². The van der Waals surface area contributed by atoms with Crippen molar-refractivity contribution in [3.05, 3.63) is 23.0 Å². The third-order valence-electron chi connectivity index (χ3n) is 2.86. The number of rotatable bonds is 5. The van der Waals surface area contributed by atoms with Crippen molar-refractivity contribution in [3.63, 3.8) is 0 Å². The minimum absolute atomic E-state index is 0.0940. The number of benzene rings is 1. The van der Waals surface area contributed by atoms with Gasteiger partial charge in [0.2, 0.25) is 10.0 Å². The molecule has 1 aliphatic carbocycles. The van der Waals surface area contributed by atoms with Gasteiger partial charge in [0.05, 0.1) is 5.69 Å². The molecule has 1 aromatic rings. The molecule has 100 valence electrons. The highest BCUT2D eigenvalue weighted by molar-refractivity contribution is 7.89. The first-order valence-corrected chi connectivity index (χ1v) is 7.50. The van der Waals surface area contributed by atoms with E-state index in [0.717, 1.165) is 25.3 Å². The van der Waals surface area contributed by atoms with Crippen molar-refractivity contribution in [1.29, 1.82) is 0 Å². The molecular formula is C11H14ClFN2O2S. The molecule has 0 amide bonds. The molecular weight excluding hydrogens is 279 g/mol. The fourth-order valence-electron chi connectivity index (χ4n) is 1.66. The fraction of sp³-hybridized carbons (Fsp3) is 0.455. The van der Waals surface area contributed by atoms with E-state index >= 15 is 0 Å². The van der Waals surface area contributed by atoms with Crippen molar-refractivity contribution >= 4 is 27.3 Å². The molecule has 0 spiro atoms. The van der Waals surface area contributed by atoms with Crippen LogP contribution in [-0.2, 0) is 10.0 Å². The number of halogens is 2. The number of hydrogen-bond acceptors (Lipinski definition) is 3. The minimum Gasteiger partial charge on any atom is -0.396 e. The molecule has 18 heavy (non-hydrogen) atoms. The first-order chi connectivity index (χ1) is 8.40. The van der Waals surface area contributed by atoms with Crippen LogP contribution < -0.4 is 10.5 Å². The number of nitrogen functional groups attached to an aromatic ring is 1. The Bertz CT molecular complexity index is 558. The summed E-state index contributed by atoms with van der Waals surface area (Å²) in [6.45, 7) is 0.304. The Morgan fingerprint density at radius 1 is 1.44 bits per heavy atom. The third-order valence-corrected chi connectivity index (χ3v) is 4.54. The first kappa shape index (κ1) is 13.6. The lowest BCUT2D eigenvalue weighted by Gasteiger charge is -2.09. The Hall–Kier alpha value is -0.850. The molecule has 1 aliphatic rings. The van der Waals surface area contributed by atoms with E-state index in [2.05, 4.69) is 4.72 Å². The highest BCUT2D eigenvalue weighted by atomic mass is 35.5. The van der Waals surface area contributed by atoms with Gasteiger partial charge in [-0.15, -0.1) is 0 Å². The lowest BCUT2D eigenvalue weighted by molar-refractivity contribution is 0.555. The first-order valence-electron chi connectivity index (χ1n) is 5.64. The second-order valence-electron chi connectivity index (χ2n) is 4.44. The molecule has 4 nitrogen and oxygen atoms in total. The summed E-state index contributed by atoms with van der Waals surface area (Å²) >= 11 is 5.68. The SMILES string of the molecule is Nc1cc(Cl)cc(S(=O)(=O)NCCC2CC2)c1F. The van der Waals surface area contributed by atoms with Crippen LogP contribution in [0.3, 0.4) is 0 Å². The van der Waals surface area contributed by atoms with Crippen LogP contribution in [0.2, 0.25) is 5.02 Å². The Labute approximate surface area is 110 Å². The number of sulfonamides is 1. The molecule has 0 atom stereocenters. The van der Waals surface area contributed by atoms with Gasteiger partial charge in [0.15, 0.2) is 5.82 Å². The Morgan fingerprint density at radius 2 is 2.11 bits per heavy atom. The van der Waals surface area contributed by atoms with E-state index < -0.39 is 20.7 Å². The van der Waals surface area contributed by atoms with Crippen molar-refractivity contribution in [2.24, 2.45) is 5.92 Å². The number of nitrogens with one attached hydrogen (secondary N) is 1. The van der Waals surface area contributed by atoms with E-state index in [4.69, 9.17) is 17.3 Å². The van der Waals surface area contributed by atoms with Crippen LogP contribution in [0.1, 0.15) is 19.3 Å². The average Bonchev–Trinajstić information content (AvgIpc) is 3.07. The van der Waals surface area contributed by atoms with Gasteiger partial charge in [-0.05, 0) is 24.5 Å². The molecule has 0 aliphatic heterocycles. The smallest absolute Gasteiger partial charge is 0.243 e. The van der Waals surface area contributed by atoms with Crippen molar-refractivity contribution in [3.8, 4) is 0 Å². The second-order valence-corrected chi connectivity index (χ2v) is 6.61. The van der Waals surface area contributed by atoms with Crippen molar-refractivity contribution in [2.45, 2.75) is 24.2 Å². The Kier molecular flexibility index (Phi) is 3.79. The van der Waals surface area contributed by atoms with Gasteiger partial charge in [-0.25, -0.2) is 17.5 Å². The zero-order valence-electron chi connectivity index (χ0n) is 9.62. The van der Waals surface area contributed by atoms with Gasteiger partial charge in [-0.1, -0.05) is 24.4 Å². The minimum atomic E-state index is -3.89. The largest absolute Gasteiger partial charge is 0.396 e. The van der Waals surface area contributed by atoms with Gasteiger partial charge in [0, 0.05) is 11.6 Å². The van der Waals surface area contributed by atoms with Crippen LogP contribution in [0.4, 0.5) is 10.1 Å². The summed E-state index contributed by atoms with van der Waals surface area (Å²) in [5.74, 6) is -0.361. The maximum Gasteiger partial charge on any atom is 0.243 e. The van der Waals surface area contributed by atoms with E-state index in [0.29, 0.717) is 12.5 Å². The molecule has 2 rings (SSSR count). The van der Waals surface area contributed by atoms with Crippen molar-refractivity contribution < 1.29 is 12.8 Å². The van der Waals surface area contributed by atoms with E-state index in [9.17, 15) is 12.8 Å². The van der Waals surface area contributed by atoms with Crippen LogP contribution in [0.25, 0.3) is 0 Å². The van der Waals surface area contributed by atoms with E-state index in [1.807, 2.05) is 0 Å². The summed E-state index contributed by atoms with van der Waals surface area (Å²) in [6.07, 6.45) is 3.05. The normalized spacial score (nSPS) is 15.9. The molecule has 1 aromatic carbocycles. The summed E-state index contributed by atoms with van der Waals surface area (Å²) in [4.78, 5) is -0.497. The predicted octanol–water partition coefficient (Wildman–Crippen LogP) is 2.14. The van der Waals surface area contributed by atoms with Crippen molar-refractivity contribution in [1.82, 2.24) is 4.72 Å². The Morgan fingerprint density at radius 3 is 2.72 bits per heavy atom. The number of anilines is 1. The lowest BCUT2D eigenvalue weighted by Crippen LogP contribution is -2.26. The average molecular weight is 293 g/mol. The Balaban J connectivity index is 2.17. The molecule has 1 saturated carbocycles. The van der Waals surface area contributed by atoms with Crippen LogP contribution in [0, 0.1) is 11.7 Å². The molecule has 7 heteroatoms. The second kappa shape index (κ2) is 5.03. The van der Waals surface area contributed by atoms with Gasteiger partial charge in [0.1, 0.15) is 4.90 Å². The standard InChI is InChI=1S/C11H14ClFN2O2S/c12-8-5-9(14)11(13)10(6-8)18(16,17)15-4-3-7-1-2-7/h5-7,15H,1-4,14H2. The van der Waals surface area contributed by atoms with Crippen molar-refractivity contribution in [2.75, 3.05) is 12.3 Å². The predicted molar refractivity (Wildman–Crippen MR) is 68.4 cm³/mol. The maximum atomic E-state index is 13.7. The molecule has 1 fully saturated rings. The molecule has 0 heterocycles. The van der Waals surface area contributed by atoms with Crippen LogP contribution in [-0.4, -0.2) is 15.0 Å². The summed E-state index contributed by atoms with van der Waals surface area (Å²) in [5.41, 5.74) is 5.08. The summed E-state index contributed by atoms with van der Waals surface area (Å²) in [5, 5.41) is 0.0940. The van der Waals surface area contributed by atoms with E-state index in [1.54, 1.807) is 0 Å². The molecule has 0 saturated heterocycles. The van der Waals surface area contributed by atoms with Gasteiger partial charge < -0.3 is 5.73 Å². The van der Waals surface area contributed by atoms with E-state index in [1.165, 1.54) is 6.07 Å². The van der Waals surface area contributed by atoms with E-state index in [-0.39, 0.29) is 10.7 Å². The molecule has 0 aromatic heterocycles. The zero-order valence-corrected chi connectivity index (χ0v) is 11.2. The summed E-state index contributed by atoms with van der Waals surface area (Å²) in [6, 6.07) is 2.24. The highest BCUT2D eigenvalue weighted by Crippen LogP contribution is 2.32. The topological polar surface area (TPSA) is 72.2 Å². The summed E-state index contributed by atoms with van der Waals surface area (Å²) in [7, 11) is -3.89. The van der Waals surface area contributed by atoms with Crippen LogP contribution in [0.5, 0.6) is 0 Å². The van der Waals surface area contributed by atoms with Crippen LogP contribution >= 0.6 is 11.6 Å². The zero-order chi connectivity index (χ0) is 13.3. The lowest BCUT2D eigenvalue weighted by atomic mass is 10.3. The quantitative estimate of drug-likeness (QED) is 0.817. The number of nitrogens with two attached hydrogens (primary N) is 1. The van der Waals surface area contributed by atoms with Gasteiger partial charge in [-0.3, -0.25) is 0 Å². The van der Waals surface area contributed by atoms with Gasteiger partial charge in [-0.2, -0.15) is 0 Å². The molecule has 0 radical (unpaired) electrons. The molecule has 3 N–H and O–H groups in total. The highest BCUT2D eigenvalue weighted by Gasteiger charge is 2.24. The summed E-state index contributed by atoms with van der Waals surface area (Å²) < 4.78 is 39.8. The maximum absolute atomic E-state index is 13.7. The van der Waals surface area contributed by atoms with Gasteiger partial charge >= 0.3 is 0 Å².